The zero-order chi connectivity index (χ0) is 18.9. The number of nitrogens with one attached hydrogen (secondary N) is 3. The molecule has 146 valence electrons. The van der Waals surface area contributed by atoms with E-state index in [2.05, 4.69) is 33.1 Å². The van der Waals surface area contributed by atoms with E-state index < -0.39 is 0 Å². The van der Waals surface area contributed by atoms with Gasteiger partial charge in [0.1, 0.15) is 0 Å². The normalized spacial score (nSPS) is 15.1. The highest BCUT2D eigenvalue weighted by molar-refractivity contribution is 6.01. The third kappa shape index (κ3) is 5.46. The van der Waals surface area contributed by atoms with Crippen LogP contribution >= 0.6 is 0 Å². The average molecular weight is 372 g/mol. The number of aromatic nitrogens is 1. The van der Waals surface area contributed by atoms with E-state index in [4.69, 9.17) is 9.84 Å². The molecule has 1 amide bonds. The molecule has 7 heteroatoms. The second kappa shape index (κ2) is 10.3. The summed E-state index contributed by atoms with van der Waals surface area (Å²) in [5, 5.41) is 19.2. The molecule has 3 rings (SSSR count). The Balaban J connectivity index is 1.64. The third-order valence-corrected chi connectivity index (χ3v) is 4.80. The van der Waals surface area contributed by atoms with Crippen LogP contribution in [0.2, 0.25) is 0 Å². The number of ether oxygens (including phenoxy) is 1. The van der Waals surface area contributed by atoms with Gasteiger partial charge in [-0.3, -0.25) is 9.78 Å². The number of carbonyl (C=O) groups is 1. The highest BCUT2D eigenvalue weighted by atomic mass is 16.5. The van der Waals surface area contributed by atoms with Gasteiger partial charge in [0.05, 0.1) is 37.6 Å². The summed E-state index contributed by atoms with van der Waals surface area (Å²) in [7, 11) is 0. The molecular weight excluding hydrogens is 344 g/mol. The van der Waals surface area contributed by atoms with E-state index in [1.807, 2.05) is 18.3 Å². The van der Waals surface area contributed by atoms with E-state index in [0.29, 0.717) is 25.7 Å². The lowest BCUT2D eigenvalue weighted by molar-refractivity contribution is -0.115. The van der Waals surface area contributed by atoms with Crippen LogP contribution in [0, 0.1) is 0 Å². The summed E-state index contributed by atoms with van der Waals surface area (Å²) in [6.45, 7) is 3.62. The molecule has 0 spiro atoms. The monoisotopic (exact) mass is 372 g/mol. The van der Waals surface area contributed by atoms with E-state index in [1.54, 1.807) is 0 Å². The van der Waals surface area contributed by atoms with Gasteiger partial charge in [0.25, 0.3) is 0 Å². The first-order valence-electron chi connectivity index (χ1n) is 9.57. The maximum absolute atomic E-state index is 12.2. The molecule has 1 aliphatic rings. The molecule has 1 aromatic heterocycles. The predicted octanol–water partition coefficient (Wildman–Crippen LogP) is 1.24. The number of aliphatic hydroxyl groups excluding tert-OH is 1. The van der Waals surface area contributed by atoms with Crippen molar-refractivity contribution < 1.29 is 14.6 Å². The van der Waals surface area contributed by atoms with Crippen molar-refractivity contribution in [3.8, 4) is 0 Å². The van der Waals surface area contributed by atoms with Crippen molar-refractivity contribution >= 4 is 22.5 Å². The van der Waals surface area contributed by atoms with Gasteiger partial charge in [0.2, 0.25) is 5.91 Å². The predicted molar refractivity (Wildman–Crippen MR) is 106 cm³/mol. The Bertz CT molecular complexity index is 747. The van der Waals surface area contributed by atoms with Gasteiger partial charge in [-0.05, 0) is 49.5 Å². The lowest BCUT2D eigenvalue weighted by Crippen LogP contribution is -2.30. The number of nitrogens with zero attached hydrogens (tertiary/aromatic N) is 1. The van der Waals surface area contributed by atoms with Gasteiger partial charge in [-0.1, -0.05) is 12.1 Å². The number of anilines is 1. The lowest BCUT2D eigenvalue weighted by Gasteiger charge is -2.24. The summed E-state index contributed by atoms with van der Waals surface area (Å²) in [6, 6.07) is 8.06. The lowest BCUT2D eigenvalue weighted by atomic mass is 9.88. The molecule has 0 bridgehead atoms. The Morgan fingerprint density at radius 2 is 2.11 bits per heavy atom. The van der Waals surface area contributed by atoms with Crippen molar-refractivity contribution in [3.63, 3.8) is 0 Å². The van der Waals surface area contributed by atoms with Crippen molar-refractivity contribution in [1.29, 1.82) is 0 Å². The molecule has 0 aliphatic carbocycles. The maximum Gasteiger partial charge on any atom is 0.238 e. The molecule has 2 aromatic rings. The van der Waals surface area contributed by atoms with Crippen LogP contribution in [0.15, 0.2) is 30.5 Å². The minimum Gasteiger partial charge on any atom is -0.394 e. The Hall–Kier alpha value is -2.06. The van der Waals surface area contributed by atoms with Crippen LogP contribution in [0.25, 0.3) is 10.9 Å². The fourth-order valence-corrected chi connectivity index (χ4v) is 3.49. The Morgan fingerprint density at radius 3 is 2.93 bits per heavy atom. The molecule has 1 aromatic carbocycles. The molecule has 0 unspecified atom stereocenters. The van der Waals surface area contributed by atoms with Gasteiger partial charge >= 0.3 is 0 Å². The van der Waals surface area contributed by atoms with Crippen LogP contribution in [-0.4, -0.2) is 62.0 Å². The number of aliphatic hydroxyl groups is 1. The van der Waals surface area contributed by atoms with Crippen molar-refractivity contribution in [2.75, 3.05) is 51.3 Å². The zero-order valence-corrected chi connectivity index (χ0v) is 15.5. The SMILES string of the molecule is O=C(CNCCOCCO)Nc1cccc2c(C3CCNCC3)ccnc12. The summed E-state index contributed by atoms with van der Waals surface area (Å²) in [4.78, 5) is 16.8. The first kappa shape index (κ1) is 19.7. The van der Waals surface area contributed by atoms with E-state index in [-0.39, 0.29) is 19.1 Å². The molecule has 0 atom stereocenters. The number of hydrogen-bond donors (Lipinski definition) is 4. The molecule has 1 aliphatic heterocycles. The number of para-hydroxylation sites is 1. The fraction of sp³-hybridized carbons (Fsp3) is 0.500. The van der Waals surface area contributed by atoms with E-state index >= 15 is 0 Å². The van der Waals surface area contributed by atoms with Gasteiger partial charge in [-0.25, -0.2) is 0 Å². The molecule has 0 radical (unpaired) electrons. The van der Waals surface area contributed by atoms with Crippen molar-refractivity contribution in [2.45, 2.75) is 18.8 Å². The number of pyridine rings is 1. The van der Waals surface area contributed by atoms with Crippen LogP contribution in [0.1, 0.15) is 24.3 Å². The summed E-state index contributed by atoms with van der Waals surface area (Å²) < 4.78 is 5.15. The highest BCUT2D eigenvalue weighted by Crippen LogP contribution is 2.32. The molecule has 0 saturated carbocycles. The number of hydrogen-bond acceptors (Lipinski definition) is 6. The van der Waals surface area contributed by atoms with Gasteiger partial charge in [0, 0.05) is 18.1 Å². The summed E-state index contributed by atoms with van der Waals surface area (Å²) in [5.74, 6) is 0.419. The minimum absolute atomic E-state index is 0.00786. The van der Waals surface area contributed by atoms with Crippen LogP contribution in [-0.2, 0) is 9.53 Å². The number of amides is 1. The minimum atomic E-state index is -0.112. The van der Waals surface area contributed by atoms with Crippen LogP contribution in [0.3, 0.4) is 0 Å². The fourth-order valence-electron chi connectivity index (χ4n) is 3.49. The van der Waals surface area contributed by atoms with Crippen molar-refractivity contribution in [2.24, 2.45) is 0 Å². The first-order valence-corrected chi connectivity index (χ1v) is 9.57. The van der Waals surface area contributed by atoms with E-state index in [1.165, 1.54) is 5.56 Å². The van der Waals surface area contributed by atoms with Crippen LogP contribution in [0.5, 0.6) is 0 Å². The van der Waals surface area contributed by atoms with E-state index in [0.717, 1.165) is 42.5 Å². The third-order valence-electron chi connectivity index (χ3n) is 4.80. The maximum atomic E-state index is 12.2. The quantitative estimate of drug-likeness (QED) is 0.495. The second-order valence-corrected chi connectivity index (χ2v) is 6.69. The second-order valence-electron chi connectivity index (χ2n) is 6.69. The summed E-state index contributed by atoms with van der Waals surface area (Å²) in [5.41, 5.74) is 2.90. The summed E-state index contributed by atoms with van der Waals surface area (Å²) >= 11 is 0. The molecule has 1 saturated heterocycles. The number of carbonyl (C=O) groups excluding carboxylic acids is 1. The highest BCUT2D eigenvalue weighted by Gasteiger charge is 2.18. The van der Waals surface area contributed by atoms with Gasteiger partial charge < -0.3 is 25.8 Å². The molecule has 4 N–H and O–H groups in total. The van der Waals surface area contributed by atoms with Crippen molar-refractivity contribution in [3.05, 3.63) is 36.0 Å². The Kier molecular flexibility index (Phi) is 7.53. The Labute approximate surface area is 159 Å². The number of rotatable bonds is 9. The summed E-state index contributed by atoms with van der Waals surface area (Å²) in [6.07, 6.45) is 4.09. The largest absolute Gasteiger partial charge is 0.394 e. The van der Waals surface area contributed by atoms with E-state index in [9.17, 15) is 4.79 Å². The smallest absolute Gasteiger partial charge is 0.238 e. The first-order chi connectivity index (χ1) is 13.3. The number of piperidine rings is 1. The van der Waals surface area contributed by atoms with Crippen molar-refractivity contribution in [1.82, 2.24) is 15.6 Å². The molecule has 1 fully saturated rings. The molecule has 2 heterocycles. The average Bonchev–Trinajstić information content (AvgIpc) is 2.71. The van der Waals surface area contributed by atoms with Gasteiger partial charge in [-0.2, -0.15) is 0 Å². The standard InChI is InChI=1S/C20H28N4O3/c25-11-13-27-12-10-22-14-19(26)24-18-3-1-2-17-16(6-9-23-20(17)18)15-4-7-21-8-5-15/h1-3,6,9,15,21-22,25H,4-5,7-8,10-14H2,(H,24,26). The molecule has 27 heavy (non-hydrogen) atoms. The van der Waals surface area contributed by atoms with Gasteiger partial charge in [-0.15, -0.1) is 0 Å². The zero-order valence-electron chi connectivity index (χ0n) is 15.5. The van der Waals surface area contributed by atoms with Gasteiger partial charge in [0.15, 0.2) is 0 Å². The molecular formula is C20H28N4O3. The number of benzene rings is 1. The van der Waals surface area contributed by atoms with Crippen LogP contribution < -0.4 is 16.0 Å². The number of fused-ring (bicyclic) bond motifs is 1. The topological polar surface area (TPSA) is 95.5 Å². The molecule has 7 nitrogen and oxygen atoms in total. The van der Waals surface area contributed by atoms with Crippen LogP contribution in [0.4, 0.5) is 5.69 Å². The Morgan fingerprint density at radius 1 is 1.26 bits per heavy atom.